The Morgan fingerprint density at radius 3 is 1.47 bits per heavy atom. The van der Waals surface area contributed by atoms with Crippen LogP contribution >= 0.6 is 7.26 Å². The molecule has 5 heteroatoms. The molecule has 0 aromatic heterocycles. The molecule has 0 aliphatic rings. The van der Waals surface area contributed by atoms with Crippen LogP contribution in [0, 0.1) is 6.92 Å². The molecule has 0 saturated carbocycles. The van der Waals surface area contributed by atoms with Crippen LogP contribution in [-0.2, 0) is 14.6 Å². The molecule has 0 aliphatic heterocycles. The smallest absolute Gasteiger partial charge is 0.178 e. The zero-order valence-corrected chi connectivity index (χ0v) is 20.9. The van der Waals surface area contributed by atoms with E-state index in [-0.39, 0.29) is 29.0 Å². The predicted molar refractivity (Wildman–Crippen MR) is 143 cm³/mol. The summed E-state index contributed by atoms with van der Waals surface area (Å²) in [6, 6.07) is 37.3. The van der Waals surface area contributed by atoms with Gasteiger partial charge in [0.05, 0.1) is 10.6 Å². The van der Waals surface area contributed by atoms with E-state index >= 15 is 0 Å². The fourth-order valence-electron chi connectivity index (χ4n) is 4.22. The highest BCUT2D eigenvalue weighted by Crippen LogP contribution is 2.55. The third-order valence-corrected chi connectivity index (χ3v) is 12.1. The summed E-state index contributed by atoms with van der Waals surface area (Å²) >= 11 is 0. The number of benzene rings is 4. The van der Waals surface area contributed by atoms with Crippen molar-refractivity contribution in [3.05, 3.63) is 121 Å². The maximum absolute atomic E-state index is 13.5. The minimum atomic E-state index is -3.53. The monoisotopic (exact) mass is 487 g/mol. The van der Waals surface area contributed by atoms with Gasteiger partial charge >= 0.3 is 0 Å². The summed E-state index contributed by atoms with van der Waals surface area (Å²) in [5.74, 6) is -0.228. The number of hydrogen-bond donors (Lipinski definition) is 0. The second-order valence-corrected chi connectivity index (χ2v) is 14.0. The molecule has 0 unspecified atom stereocenters. The van der Waals surface area contributed by atoms with Crippen molar-refractivity contribution in [2.45, 2.75) is 18.2 Å². The Hall–Kier alpha value is -3.07. The molecule has 0 heterocycles. The Balaban J connectivity index is 1.70. The average molecular weight is 488 g/mol. The first kappa shape index (κ1) is 24.1. The number of hydrogen-bond acceptors (Lipinski definition) is 3. The number of rotatable bonds is 9. The highest BCUT2D eigenvalue weighted by atomic mass is 32.2. The standard InChI is InChI=1S/C29H28O3PS/c1-24-17-19-29(20-18-24)34(31,32)22-21-25(30)23-33(26-11-5-2-6-12-26,27-13-7-3-8-14-27)28-15-9-4-10-16-28/h2-20H,21-23H2,1H3/q+1. The van der Waals surface area contributed by atoms with E-state index in [4.69, 9.17) is 0 Å². The lowest BCUT2D eigenvalue weighted by molar-refractivity contribution is -0.116. The summed E-state index contributed by atoms with van der Waals surface area (Å²) in [5.41, 5.74) is 0.998. The molecule has 0 fully saturated rings. The number of sulfone groups is 1. The maximum atomic E-state index is 13.5. The molecule has 4 rings (SSSR count). The molecule has 172 valence electrons. The number of aryl methyl sites for hydroxylation is 1. The van der Waals surface area contributed by atoms with Gasteiger partial charge in [0.25, 0.3) is 0 Å². The zero-order valence-electron chi connectivity index (χ0n) is 19.2. The van der Waals surface area contributed by atoms with Gasteiger partial charge in [0.1, 0.15) is 29.3 Å². The van der Waals surface area contributed by atoms with Gasteiger partial charge in [-0.15, -0.1) is 0 Å². The van der Waals surface area contributed by atoms with Crippen molar-refractivity contribution in [1.29, 1.82) is 0 Å². The molecule has 3 nitrogen and oxygen atoms in total. The minimum absolute atomic E-state index is 0.00946. The summed E-state index contributed by atoms with van der Waals surface area (Å²) in [6.07, 6.45) is 0.277. The first-order valence-electron chi connectivity index (χ1n) is 11.3. The SMILES string of the molecule is Cc1ccc(S(=O)(=O)CCC(=O)C[P+](c2ccccc2)(c2ccccc2)c2ccccc2)cc1. The second kappa shape index (κ2) is 10.5. The molecule has 4 aromatic rings. The van der Waals surface area contributed by atoms with Crippen molar-refractivity contribution in [1.82, 2.24) is 0 Å². The fourth-order valence-corrected chi connectivity index (χ4v) is 9.68. The molecule has 0 atom stereocenters. The molecule has 0 aliphatic carbocycles. The summed E-state index contributed by atoms with van der Waals surface area (Å²) in [7, 11) is -5.84. The van der Waals surface area contributed by atoms with Crippen LogP contribution in [0.2, 0.25) is 0 Å². The highest BCUT2D eigenvalue weighted by molar-refractivity contribution is 7.96. The lowest BCUT2D eigenvalue weighted by atomic mass is 10.2. The first-order valence-corrected chi connectivity index (χ1v) is 14.9. The second-order valence-electron chi connectivity index (χ2n) is 8.40. The largest absolute Gasteiger partial charge is 0.296 e. The molecule has 4 aromatic carbocycles. The van der Waals surface area contributed by atoms with Crippen LogP contribution in [0.25, 0.3) is 0 Å². The predicted octanol–water partition coefficient (Wildman–Crippen LogP) is 4.72. The zero-order chi connectivity index (χ0) is 24.0. The van der Waals surface area contributed by atoms with E-state index in [1.165, 1.54) is 0 Å². The molecule has 0 spiro atoms. The van der Waals surface area contributed by atoms with Crippen molar-refractivity contribution >= 4 is 38.8 Å². The van der Waals surface area contributed by atoms with E-state index < -0.39 is 17.1 Å². The van der Waals surface area contributed by atoms with E-state index in [9.17, 15) is 13.2 Å². The lowest BCUT2D eigenvalue weighted by Gasteiger charge is -2.27. The number of carbonyl (C=O) groups excluding carboxylic acids is 1. The summed E-state index contributed by atoms with van der Waals surface area (Å²) < 4.78 is 25.8. The van der Waals surface area contributed by atoms with Crippen LogP contribution < -0.4 is 15.9 Å². The van der Waals surface area contributed by atoms with Crippen molar-refractivity contribution in [2.75, 3.05) is 11.9 Å². The third kappa shape index (κ3) is 5.19. The molecular weight excluding hydrogens is 459 g/mol. The van der Waals surface area contributed by atoms with E-state index in [1.807, 2.05) is 61.5 Å². The Morgan fingerprint density at radius 1 is 0.647 bits per heavy atom. The summed E-state index contributed by atoms with van der Waals surface area (Å²) in [6.45, 7) is 1.92. The van der Waals surface area contributed by atoms with E-state index in [2.05, 4.69) is 36.4 Å². The number of carbonyl (C=O) groups is 1. The Bertz CT molecular complexity index is 1240. The molecule has 0 saturated heterocycles. The normalized spacial score (nSPS) is 11.8. The third-order valence-electron chi connectivity index (χ3n) is 6.03. The maximum Gasteiger partial charge on any atom is 0.178 e. The van der Waals surface area contributed by atoms with Gasteiger partial charge in [0, 0.05) is 6.42 Å². The fraction of sp³-hybridized carbons (Fsp3) is 0.138. The van der Waals surface area contributed by atoms with E-state index in [0.717, 1.165) is 21.5 Å². The van der Waals surface area contributed by atoms with Crippen LogP contribution in [-0.4, -0.2) is 26.1 Å². The van der Waals surface area contributed by atoms with E-state index in [0.29, 0.717) is 0 Å². The topological polar surface area (TPSA) is 51.2 Å². The average Bonchev–Trinajstić information content (AvgIpc) is 2.88. The van der Waals surface area contributed by atoms with Crippen molar-refractivity contribution in [3.8, 4) is 0 Å². The van der Waals surface area contributed by atoms with Gasteiger partial charge < -0.3 is 0 Å². The van der Waals surface area contributed by atoms with Gasteiger partial charge in [-0.05, 0) is 55.5 Å². The van der Waals surface area contributed by atoms with Crippen LogP contribution in [0.1, 0.15) is 12.0 Å². The van der Waals surface area contributed by atoms with Gasteiger partial charge in [-0.1, -0.05) is 72.3 Å². The van der Waals surface area contributed by atoms with Crippen LogP contribution in [0.4, 0.5) is 0 Å². The number of ketones is 1. The Morgan fingerprint density at radius 2 is 1.06 bits per heavy atom. The highest BCUT2D eigenvalue weighted by Gasteiger charge is 2.47. The van der Waals surface area contributed by atoms with Crippen molar-refractivity contribution < 1.29 is 13.2 Å². The van der Waals surface area contributed by atoms with Crippen molar-refractivity contribution in [2.24, 2.45) is 0 Å². The summed E-state index contributed by atoms with van der Waals surface area (Å²) in [4.78, 5) is 13.7. The molecule has 0 N–H and O–H groups in total. The first-order chi connectivity index (χ1) is 16.4. The van der Waals surface area contributed by atoms with Gasteiger partial charge in [-0.3, -0.25) is 4.79 Å². The molecule has 34 heavy (non-hydrogen) atoms. The van der Waals surface area contributed by atoms with Crippen LogP contribution in [0.3, 0.4) is 0 Å². The quantitative estimate of drug-likeness (QED) is 0.321. The Labute approximate surface area is 202 Å². The van der Waals surface area contributed by atoms with Gasteiger partial charge in [-0.2, -0.15) is 0 Å². The molecular formula is C29H28O3PS+. The van der Waals surface area contributed by atoms with Crippen molar-refractivity contribution in [3.63, 3.8) is 0 Å². The molecule has 0 bridgehead atoms. The Kier molecular flexibility index (Phi) is 7.41. The number of Topliss-reactive ketones (excluding diaryl/α,β-unsaturated/α-hetero) is 1. The van der Waals surface area contributed by atoms with Crippen LogP contribution in [0.15, 0.2) is 120 Å². The van der Waals surface area contributed by atoms with E-state index in [1.54, 1.807) is 24.3 Å². The molecule has 0 radical (unpaired) electrons. The summed E-state index contributed by atoms with van der Waals surface area (Å²) in [5, 5.41) is 3.34. The molecule has 0 amide bonds. The van der Waals surface area contributed by atoms with Gasteiger partial charge in [0.15, 0.2) is 15.6 Å². The minimum Gasteiger partial charge on any atom is -0.296 e. The lowest BCUT2D eigenvalue weighted by Crippen LogP contribution is -2.36. The van der Waals surface area contributed by atoms with Gasteiger partial charge in [0.2, 0.25) is 0 Å². The van der Waals surface area contributed by atoms with Gasteiger partial charge in [-0.25, -0.2) is 8.42 Å². The van der Waals surface area contributed by atoms with Crippen LogP contribution in [0.5, 0.6) is 0 Å².